The van der Waals surface area contributed by atoms with E-state index in [1.54, 1.807) is 0 Å². The predicted octanol–water partition coefficient (Wildman–Crippen LogP) is 1.48. The van der Waals surface area contributed by atoms with Crippen LogP contribution >= 0.6 is 0 Å². The van der Waals surface area contributed by atoms with Gasteiger partial charge in [0.2, 0.25) is 0 Å². The Morgan fingerprint density at radius 3 is 3.16 bits per heavy atom. The SMILES string of the molecule is Cc1nc(C2=CC3CNCC3C2)nc2c1COCC2. The van der Waals surface area contributed by atoms with Gasteiger partial charge in [0.05, 0.1) is 18.9 Å². The van der Waals surface area contributed by atoms with Gasteiger partial charge in [-0.15, -0.1) is 0 Å². The van der Waals surface area contributed by atoms with Gasteiger partial charge in [0.25, 0.3) is 0 Å². The molecule has 0 spiro atoms. The fraction of sp³-hybridized carbons (Fsp3) is 0.600. The van der Waals surface area contributed by atoms with Gasteiger partial charge in [-0.05, 0) is 37.3 Å². The number of allylic oxidation sites excluding steroid dienone is 1. The lowest BCUT2D eigenvalue weighted by Gasteiger charge is -2.18. The molecule has 2 atom stereocenters. The molecule has 0 radical (unpaired) electrons. The molecule has 1 aromatic rings. The second kappa shape index (κ2) is 4.39. The number of ether oxygens (including phenoxy) is 1. The van der Waals surface area contributed by atoms with Crippen molar-refractivity contribution in [2.45, 2.75) is 26.4 Å². The third-order valence-corrected chi connectivity index (χ3v) is 4.61. The first-order valence-corrected chi connectivity index (χ1v) is 7.17. The first-order valence-electron chi connectivity index (χ1n) is 7.17. The maximum Gasteiger partial charge on any atom is 0.155 e. The number of nitrogens with zero attached hydrogens (tertiary/aromatic N) is 2. The average molecular weight is 257 g/mol. The minimum Gasteiger partial charge on any atom is -0.376 e. The van der Waals surface area contributed by atoms with Crippen LogP contribution < -0.4 is 5.32 Å². The van der Waals surface area contributed by atoms with Crippen LogP contribution in [0, 0.1) is 18.8 Å². The molecule has 0 saturated carbocycles. The number of hydrogen-bond acceptors (Lipinski definition) is 4. The highest BCUT2D eigenvalue weighted by atomic mass is 16.5. The topological polar surface area (TPSA) is 47.0 Å². The van der Waals surface area contributed by atoms with E-state index >= 15 is 0 Å². The molecule has 19 heavy (non-hydrogen) atoms. The van der Waals surface area contributed by atoms with Gasteiger partial charge in [-0.25, -0.2) is 9.97 Å². The van der Waals surface area contributed by atoms with Crippen LogP contribution in [0.3, 0.4) is 0 Å². The maximum absolute atomic E-state index is 5.50. The Morgan fingerprint density at radius 1 is 1.32 bits per heavy atom. The van der Waals surface area contributed by atoms with Crippen molar-refractivity contribution in [1.82, 2.24) is 15.3 Å². The van der Waals surface area contributed by atoms with Gasteiger partial charge in [-0.2, -0.15) is 0 Å². The largest absolute Gasteiger partial charge is 0.376 e. The Hall–Kier alpha value is -1.26. The van der Waals surface area contributed by atoms with Crippen LogP contribution in [0.1, 0.15) is 29.2 Å². The van der Waals surface area contributed by atoms with Crippen LogP contribution in [0.5, 0.6) is 0 Å². The van der Waals surface area contributed by atoms with Crippen molar-refractivity contribution in [3.8, 4) is 0 Å². The van der Waals surface area contributed by atoms with E-state index in [2.05, 4.69) is 18.3 Å². The molecule has 1 aromatic heterocycles. The van der Waals surface area contributed by atoms with E-state index in [0.29, 0.717) is 12.5 Å². The monoisotopic (exact) mass is 257 g/mol. The van der Waals surface area contributed by atoms with Crippen molar-refractivity contribution in [2.75, 3.05) is 19.7 Å². The third-order valence-electron chi connectivity index (χ3n) is 4.61. The molecule has 0 bridgehead atoms. The van der Waals surface area contributed by atoms with Crippen molar-refractivity contribution in [1.29, 1.82) is 0 Å². The maximum atomic E-state index is 5.50. The fourth-order valence-electron chi connectivity index (χ4n) is 3.48. The minimum absolute atomic E-state index is 0.676. The molecule has 1 N–H and O–H groups in total. The molecule has 0 amide bonds. The van der Waals surface area contributed by atoms with Crippen LogP contribution in [-0.4, -0.2) is 29.7 Å². The van der Waals surface area contributed by atoms with E-state index in [4.69, 9.17) is 14.7 Å². The number of fused-ring (bicyclic) bond motifs is 2. The molecule has 3 aliphatic rings. The Balaban J connectivity index is 1.70. The summed E-state index contributed by atoms with van der Waals surface area (Å²) in [6, 6.07) is 0. The summed E-state index contributed by atoms with van der Waals surface area (Å²) in [4.78, 5) is 9.52. The molecule has 1 saturated heterocycles. The van der Waals surface area contributed by atoms with Crippen LogP contribution in [0.25, 0.3) is 5.57 Å². The highest BCUT2D eigenvalue weighted by Crippen LogP contribution is 2.37. The molecule has 1 fully saturated rings. The van der Waals surface area contributed by atoms with Crippen molar-refractivity contribution in [3.63, 3.8) is 0 Å². The Morgan fingerprint density at radius 2 is 2.26 bits per heavy atom. The van der Waals surface area contributed by atoms with E-state index < -0.39 is 0 Å². The molecule has 3 heterocycles. The molecule has 4 heteroatoms. The van der Waals surface area contributed by atoms with Crippen molar-refractivity contribution < 1.29 is 4.74 Å². The molecule has 100 valence electrons. The van der Waals surface area contributed by atoms with Gasteiger partial charge in [0.15, 0.2) is 5.82 Å². The Kier molecular flexibility index (Phi) is 2.67. The highest BCUT2D eigenvalue weighted by Gasteiger charge is 2.33. The molecular weight excluding hydrogens is 238 g/mol. The summed E-state index contributed by atoms with van der Waals surface area (Å²) in [7, 11) is 0. The number of nitrogens with one attached hydrogen (secondary N) is 1. The van der Waals surface area contributed by atoms with E-state index in [9.17, 15) is 0 Å². The van der Waals surface area contributed by atoms with Crippen molar-refractivity contribution in [2.24, 2.45) is 11.8 Å². The quantitative estimate of drug-likeness (QED) is 0.828. The average Bonchev–Trinajstić information content (AvgIpc) is 2.99. The van der Waals surface area contributed by atoms with Gasteiger partial charge in [0.1, 0.15) is 0 Å². The number of hydrogen-bond donors (Lipinski definition) is 1. The molecule has 2 aliphatic heterocycles. The summed E-state index contributed by atoms with van der Waals surface area (Å²) in [5.74, 6) is 2.42. The summed E-state index contributed by atoms with van der Waals surface area (Å²) < 4.78 is 5.50. The molecule has 4 rings (SSSR count). The second-order valence-electron chi connectivity index (χ2n) is 5.84. The van der Waals surface area contributed by atoms with Gasteiger partial charge < -0.3 is 10.1 Å². The first-order chi connectivity index (χ1) is 9.31. The summed E-state index contributed by atoms with van der Waals surface area (Å²) in [6.07, 6.45) is 4.45. The van der Waals surface area contributed by atoms with E-state index in [-0.39, 0.29) is 0 Å². The lowest BCUT2D eigenvalue weighted by molar-refractivity contribution is 0.108. The van der Waals surface area contributed by atoms with Crippen LogP contribution in [0.2, 0.25) is 0 Å². The second-order valence-corrected chi connectivity index (χ2v) is 5.84. The molecule has 0 aromatic carbocycles. The molecule has 1 aliphatic carbocycles. The lowest BCUT2D eigenvalue weighted by atomic mass is 10.00. The van der Waals surface area contributed by atoms with Crippen molar-refractivity contribution >= 4 is 5.57 Å². The van der Waals surface area contributed by atoms with Crippen LogP contribution in [0.4, 0.5) is 0 Å². The Labute approximate surface area is 113 Å². The highest BCUT2D eigenvalue weighted by molar-refractivity contribution is 5.63. The molecule has 4 nitrogen and oxygen atoms in total. The summed E-state index contributed by atoms with van der Waals surface area (Å²) >= 11 is 0. The van der Waals surface area contributed by atoms with Crippen molar-refractivity contribution in [3.05, 3.63) is 28.9 Å². The van der Waals surface area contributed by atoms with Crippen LogP contribution in [-0.2, 0) is 17.8 Å². The number of aromatic nitrogens is 2. The normalized spacial score (nSPS) is 29.0. The van der Waals surface area contributed by atoms with Gasteiger partial charge in [-0.1, -0.05) is 6.08 Å². The molecule has 2 unspecified atom stereocenters. The smallest absolute Gasteiger partial charge is 0.155 e. The first kappa shape index (κ1) is 11.6. The zero-order chi connectivity index (χ0) is 12.8. The number of aryl methyl sites for hydroxylation is 1. The van der Waals surface area contributed by atoms with Crippen LogP contribution in [0.15, 0.2) is 6.08 Å². The summed E-state index contributed by atoms with van der Waals surface area (Å²) in [5, 5.41) is 3.46. The van der Waals surface area contributed by atoms with E-state index in [1.165, 1.54) is 16.8 Å². The number of rotatable bonds is 1. The van der Waals surface area contributed by atoms with Gasteiger partial charge in [0, 0.05) is 24.2 Å². The zero-order valence-corrected chi connectivity index (χ0v) is 11.3. The van der Waals surface area contributed by atoms with E-state index in [1.807, 2.05) is 0 Å². The lowest BCUT2D eigenvalue weighted by Crippen LogP contribution is -2.16. The molecular formula is C15H19N3O. The van der Waals surface area contributed by atoms with Gasteiger partial charge >= 0.3 is 0 Å². The van der Waals surface area contributed by atoms with E-state index in [0.717, 1.165) is 50.0 Å². The minimum atomic E-state index is 0.676. The zero-order valence-electron chi connectivity index (χ0n) is 11.3. The predicted molar refractivity (Wildman–Crippen MR) is 72.6 cm³/mol. The standard InChI is InChI=1S/C15H19N3O/c1-9-13-8-19-3-2-14(13)18-15(17-9)10-4-11-6-16-7-12(11)5-10/h4,11-12,16H,2-3,5-8H2,1H3. The van der Waals surface area contributed by atoms with Gasteiger partial charge in [-0.3, -0.25) is 0 Å². The Bertz CT molecular complexity index is 553. The summed E-state index contributed by atoms with van der Waals surface area (Å²) in [5.41, 5.74) is 4.85. The third kappa shape index (κ3) is 1.90. The summed E-state index contributed by atoms with van der Waals surface area (Å²) in [6.45, 7) is 5.80. The fourth-order valence-corrected chi connectivity index (χ4v) is 3.48.